The molecule has 3 aromatic rings. The SMILES string of the molecule is CCCNCCc1nnc(-c2ccc3nccnc3c2)o1. The molecule has 0 fully saturated rings. The summed E-state index contributed by atoms with van der Waals surface area (Å²) < 4.78 is 5.69. The molecule has 2 heterocycles. The molecular weight excluding hydrogens is 266 g/mol. The number of nitrogens with one attached hydrogen (secondary N) is 1. The second kappa shape index (κ2) is 6.41. The zero-order chi connectivity index (χ0) is 14.5. The van der Waals surface area contributed by atoms with Gasteiger partial charge in [0.15, 0.2) is 0 Å². The molecule has 1 N–H and O–H groups in total. The third-order valence-corrected chi connectivity index (χ3v) is 3.13. The first-order chi connectivity index (χ1) is 10.4. The Hall–Kier alpha value is -2.34. The molecule has 0 unspecified atom stereocenters. The first-order valence-electron chi connectivity index (χ1n) is 7.11. The highest BCUT2D eigenvalue weighted by atomic mass is 16.4. The second-order valence-corrected chi connectivity index (χ2v) is 4.76. The topological polar surface area (TPSA) is 76.7 Å². The van der Waals surface area contributed by atoms with Crippen LogP contribution in [0.25, 0.3) is 22.5 Å². The first-order valence-corrected chi connectivity index (χ1v) is 7.11. The van der Waals surface area contributed by atoms with E-state index in [-0.39, 0.29) is 0 Å². The van der Waals surface area contributed by atoms with Gasteiger partial charge in [-0.25, -0.2) is 0 Å². The smallest absolute Gasteiger partial charge is 0.247 e. The Kier molecular flexibility index (Phi) is 4.16. The molecule has 0 spiro atoms. The Morgan fingerprint density at radius 3 is 2.76 bits per heavy atom. The summed E-state index contributed by atoms with van der Waals surface area (Å²) in [7, 11) is 0. The molecular formula is C15H17N5O. The molecule has 1 aromatic carbocycles. The zero-order valence-corrected chi connectivity index (χ0v) is 11.9. The fourth-order valence-corrected chi connectivity index (χ4v) is 2.06. The highest BCUT2D eigenvalue weighted by Crippen LogP contribution is 2.21. The molecule has 6 nitrogen and oxygen atoms in total. The molecule has 108 valence electrons. The van der Waals surface area contributed by atoms with Crippen LogP contribution in [0.15, 0.2) is 35.0 Å². The molecule has 0 aliphatic carbocycles. The summed E-state index contributed by atoms with van der Waals surface area (Å²) in [6.45, 7) is 3.99. The van der Waals surface area contributed by atoms with Gasteiger partial charge in [0.1, 0.15) is 0 Å². The van der Waals surface area contributed by atoms with Gasteiger partial charge in [0.25, 0.3) is 0 Å². The van der Waals surface area contributed by atoms with Gasteiger partial charge in [0.05, 0.1) is 11.0 Å². The lowest BCUT2D eigenvalue weighted by molar-refractivity contribution is 0.494. The van der Waals surface area contributed by atoms with E-state index in [1.807, 2.05) is 18.2 Å². The van der Waals surface area contributed by atoms with Crippen LogP contribution in [0, 0.1) is 0 Å². The van der Waals surface area contributed by atoms with Gasteiger partial charge >= 0.3 is 0 Å². The standard InChI is InChI=1S/C15H17N5O/c1-2-6-16-7-5-14-19-20-15(21-14)11-3-4-12-13(10-11)18-9-8-17-12/h3-4,8-10,16H,2,5-7H2,1H3. The molecule has 0 atom stereocenters. The molecule has 0 saturated heterocycles. The van der Waals surface area contributed by atoms with Crippen LogP contribution in [0.2, 0.25) is 0 Å². The average Bonchev–Trinajstić information content (AvgIpc) is 3.00. The van der Waals surface area contributed by atoms with Crippen molar-refractivity contribution in [1.29, 1.82) is 0 Å². The second-order valence-electron chi connectivity index (χ2n) is 4.76. The minimum absolute atomic E-state index is 0.521. The van der Waals surface area contributed by atoms with E-state index in [1.54, 1.807) is 12.4 Å². The third-order valence-electron chi connectivity index (χ3n) is 3.13. The number of nitrogens with zero attached hydrogens (tertiary/aromatic N) is 4. The van der Waals surface area contributed by atoms with Gasteiger partial charge in [-0.3, -0.25) is 9.97 Å². The van der Waals surface area contributed by atoms with E-state index in [1.165, 1.54) is 0 Å². The quantitative estimate of drug-likeness (QED) is 0.699. The molecule has 0 aliphatic rings. The van der Waals surface area contributed by atoms with E-state index >= 15 is 0 Å². The Bertz CT molecular complexity index is 725. The maximum Gasteiger partial charge on any atom is 0.247 e. The van der Waals surface area contributed by atoms with Crippen LogP contribution in [0.1, 0.15) is 19.2 Å². The Morgan fingerprint density at radius 2 is 1.90 bits per heavy atom. The van der Waals surface area contributed by atoms with Crippen LogP contribution in [0.4, 0.5) is 0 Å². The Labute approximate surface area is 122 Å². The monoisotopic (exact) mass is 283 g/mol. The van der Waals surface area contributed by atoms with E-state index in [9.17, 15) is 0 Å². The molecule has 2 aromatic heterocycles. The Morgan fingerprint density at radius 1 is 1.05 bits per heavy atom. The van der Waals surface area contributed by atoms with E-state index in [4.69, 9.17) is 4.42 Å². The molecule has 21 heavy (non-hydrogen) atoms. The highest BCUT2D eigenvalue weighted by molar-refractivity contribution is 5.78. The summed E-state index contributed by atoms with van der Waals surface area (Å²) >= 11 is 0. The fourth-order valence-electron chi connectivity index (χ4n) is 2.06. The number of benzene rings is 1. The van der Waals surface area contributed by atoms with Crippen molar-refractivity contribution in [2.45, 2.75) is 19.8 Å². The van der Waals surface area contributed by atoms with Crippen molar-refractivity contribution in [2.75, 3.05) is 13.1 Å². The maximum atomic E-state index is 5.69. The molecule has 0 radical (unpaired) electrons. The van der Waals surface area contributed by atoms with Crippen LogP contribution in [0.5, 0.6) is 0 Å². The normalized spacial score (nSPS) is 11.1. The summed E-state index contributed by atoms with van der Waals surface area (Å²) in [5.41, 5.74) is 2.53. The van der Waals surface area contributed by atoms with Crippen LogP contribution in [-0.2, 0) is 6.42 Å². The van der Waals surface area contributed by atoms with E-state index in [2.05, 4.69) is 32.4 Å². The number of hydrogen-bond donors (Lipinski definition) is 1. The van der Waals surface area contributed by atoms with Gasteiger partial charge in [-0.15, -0.1) is 10.2 Å². The third kappa shape index (κ3) is 3.22. The lowest BCUT2D eigenvalue weighted by atomic mass is 10.2. The zero-order valence-electron chi connectivity index (χ0n) is 11.9. The van der Waals surface area contributed by atoms with Crippen molar-refractivity contribution in [3.8, 4) is 11.5 Å². The minimum Gasteiger partial charge on any atom is -0.421 e. The van der Waals surface area contributed by atoms with Gasteiger partial charge < -0.3 is 9.73 Å². The fraction of sp³-hybridized carbons (Fsp3) is 0.333. The summed E-state index contributed by atoms with van der Waals surface area (Å²) in [6.07, 6.45) is 5.20. The summed E-state index contributed by atoms with van der Waals surface area (Å²) in [4.78, 5) is 8.52. The summed E-state index contributed by atoms with van der Waals surface area (Å²) in [5.74, 6) is 1.17. The lowest BCUT2D eigenvalue weighted by Gasteiger charge is -1.99. The van der Waals surface area contributed by atoms with Crippen LogP contribution < -0.4 is 5.32 Å². The summed E-state index contributed by atoms with van der Waals surface area (Å²) in [6, 6.07) is 5.74. The van der Waals surface area contributed by atoms with E-state index in [0.717, 1.165) is 42.5 Å². The number of hydrogen-bond acceptors (Lipinski definition) is 6. The van der Waals surface area contributed by atoms with Gasteiger partial charge in [0, 0.05) is 30.9 Å². The highest BCUT2D eigenvalue weighted by Gasteiger charge is 2.09. The molecule has 0 bridgehead atoms. The molecule has 3 rings (SSSR count). The summed E-state index contributed by atoms with van der Waals surface area (Å²) in [5, 5.41) is 11.5. The number of fused-ring (bicyclic) bond motifs is 1. The van der Waals surface area contributed by atoms with Gasteiger partial charge in [-0.05, 0) is 31.2 Å². The van der Waals surface area contributed by atoms with Crippen molar-refractivity contribution < 1.29 is 4.42 Å². The van der Waals surface area contributed by atoms with Gasteiger partial charge in [0.2, 0.25) is 11.8 Å². The van der Waals surface area contributed by atoms with Crippen LogP contribution >= 0.6 is 0 Å². The van der Waals surface area contributed by atoms with Gasteiger partial charge in [-0.2, -0.15) is 0 Å². The number of rotatable bonds is 6. The number of aromatic nitrogens is 4. The first kappa shape index (κ1) is 13.6. The average molecular weight is 283 g/mol. The molecule has 0 amide bonds. The molecule has 0 aliphatic heterocycles. The van der Waals surface area contributed by atoms with E-state index < -0.39 is 0 Å². The predicted molar refractivity (Wildman–Crippen MR) is 79.7 cm³/mol. The minimum atomic E-state index is 0.521. The maximum absolute atomic E-state index is 5.69. The Balaban J connectivity index is 1.75. The molecule has 0 saturated carbocycles. The van der Waals surface area contributed by atoms with Crippen molar-refractivity contribution in [2.24, 2.45) is 0 Å². The predicted octanol–water partition coefficient (Wildman–Crippen LogP) is 2.22. The van der Waals surface area contributed by atoms with Crippen molar-refractivity contribution >= 4 is 11.0 Å². The largest absolute Gasteiger partial charge is 0.421 e. The van der Waals surface area contributed by atoms with Crippen LogP contribution in [0.3, 0.4) is 0 Å². The lowest BCUT2D eigenvalue weighted by Crippen LogP contribution is -2.17. The van der Waals surface area contributed by atoms with Crippen molar-refractivity contribution in [3.63, 3.8) is 0 Å². The van der Waals surface area contributed by atoms with Crippen molar-refractivity contribution in [1.82, 2.24) is 25.5 Å². The van der Waals surface area contributed by atoms with Crippen LogP contribution in [-0.4, -0.2) is 33.3 Å². The molecule has 6 heteroatoms. The van der Waals surface area contributed by atoms with Crippen molar-refractivity contribution in [3.05, 3.63) is 36.5 Å². The van der Waals surface area contributed by atoms with Gasteiger partial charge in [-0.1, -0.05) is 6.92 Å². The van der Waals surface area contributed by atoms with E-state index in [0.29, 0.717) is 11.8 Å².